The SMILES string of the molecule is O=C(Cc1ccc(OCCCC2CCN(c3ncc(Cl)cn3)CC2)cc1F)N1CCN(C[C@H](O)[C@@H](O)[C@H](O)[C@H](O)CO)C2CC21. The first-order valence-corrected chi connectivity index (χ1v) is 16.0. The van der Waals surface area contributed by atoms with Crippen LogP contribution in [0.25, 0.3) is 0 Å². The highest BCUT2D eigenvalue weighted by molar-refractivity contribution is 6.30. The van der Waals surface area contributed by atoms with Crippen molar-refractivity contribution in [2.45, 2.75) is 75.0 Å². The van der Waals surface area contributed by atoms with Crippen molar-refractivity contribution < 1.29 is 39.5 Å². The van der Waals surface area contributed by atoms with Crippen LogP contribution >= 0.6 is 11.6 Å². The Kier molecular flexibility index (Phi) is 11.5. The van der Waals surface area contributed by atoms with Gasteiger partial charge in [0.25, 0.3) is 0 Å². The summed E-state index contributed by atoms with van der Waals surface area (Å²) in [5.74, 6) is 1.07. The maximum absolute atomic E-state index is 14.9. The molecule has 0 radical (unpaired) electrons. The van der Waals surface area contributed by atoms with Crippen LogP contribution in [0.4, 0.5) is 10.3 Å². The average molecular weight is 652 g/mol. The molecule has 14 heteroatoms. The number of carbonyl (C=O) groups is 1. The second-order valence-electron chi connectivity index (χ2n) is 12.3. The number of carbonyl (C=O) groups excluding carboxylic acids is 1. The fourth-order valence-corrected chi connectivity index (χ4v) is 6.49. The molecule has 0 spiro atoms. The molecule has 1 aliphatic carbocycles. The topological polar surface area (TPSA) is 163 Å². The van der Waals surface area contributed by atoms with Gasteiger partial charge in [-0.1, -0.05) is 17.7 Å². The predicted octanol–water partition coefficient (Wildman–Crippen LogP) is 0.608. The number of aromatic nitrogens is 2. The Morgan fingerprint density at radius 1 is 1.02 bits per heavy atom. The zero-order valence-corrected chi connectivity index (χ0v) is 25.9. The Balaban J connectivity index is 1.00. The van der Waals surface area contributed by atoms with Crippen molar-refractivity contribution in [3.63, 3.8) is 0 Å². The van der Waals surface area contributed by atoms with Gasteiger partial charge in [-0.15, -0.1) is 0 Å². The summed E-state index contributed by atoms with van der Waals surface area (Å²) in [5.41, 5.74) is 0.304. The van der Waals surface area contributed by atoms with E-state index in [0.29, 0.717) is 54.3 Å². The zero-order chi connectivity index (χ0) is 32.1. The van der Waals surface area contributed by atoms with Gasteiger partial charge in [0.1, 0.15) is 29.9 Å². The number of β-amino-alcohol motifs (C(OH)–C–C–N with tert-alkyl or cyclic N) is 1. The Hall–Kier alpha value is -2.65. The van der Waals surface area contributed by atoms with E-state index in [4.69, 9.17) is 21.4 Å². The summed E-state index contributed by atoms with van der Waals surface area (Å²) in [7, 11) is 0. The third-order valence-corrected chi connectivity index (χ3v) is 9.38. The highest BCUT2D eigenvalue weighted by Gasteiger charge is 2.51. The molecule has 1 saturated carbocycles. The van der Waals surface area contributed by atoms with Crippen molar-refractivity contribution in [3.05, 3.63) is 47.0 Å². The van der Waals surface area contributed by atoms with Crippen LogP contribution in [0, 0.1) is 11.7 Å². The fraction of sp³-hybridized carbons (Fsp3) is 0.645. The number of amides is 1. The Morgan fingerprint density at radius 2 is 1.73 bits per heavy atom. The molecule has 45 heavy (non-hydrogen) atoms. The van der Waals surface area contributed by atoms with E-state index in [0.717, 1.165) is 38.8 Å². The van der Waals surface area contributed by atoms with Crippen LogP contribution < -0.4 is 9.64 Å². The molecular weight excluding hydrogens is 609 g/mol. The molecule has 12 nitrogen and oxygen atoms in total. The number of piperazine rings is 1. The van der Waals surface area contributed by atoms with Gasteiger partial charge in [-0.3, -0.25) is 9.69 Å². The van der Waals surface area contributed by atoms with Crippen LogP contribution in [0.1, 0.15) is 37.7 Å². The van der Waals surface area contributed by atoms with Crippen molar-refractivity contribution in [2.75, 3.05) is 50.8 Å². The number of benzene rings is 1. The smallest absolute Gasteiger partial charge is 0.227 e. The van der Waals surface area contributed by atoms with Crippen molar-refractivity contribution in [3.8, 4) is 5.75 Å². The van der Waals surface area contributed by atoms with Gasteiger partial charge < -0.3 is 40.1 Å². The van der Waals surface area contributed by atoms with Crippen LogP contribution in [0.15, 0.2) is 30.6 Å². The number of fused-ring (bicyclic) bond motifs is 1. The predicted molar refractivity (Wildman–Crippen MR) is 163 cm³/mol. The summed E-state index contributed by atoms with van der Waals surface area (Å²) >= 11 is 5.88. The Morgan fingerprint density at radius 3 is 2.42 bits per heavy atom. The molecule has 3 fully saturated rings. The van der Waals surface area contributed by atoms with E-state index in [1.807, 2.05) is 4.90 Å². The number of aliphatic hydroxyl groups excluding tert-OH is 5. The number of aliphatic hydroxyl groups is 5. The van der Waals surface area contributed by atoms with Gasteiger partial charge in [-0.25, -0.2) is 14.4 Å². The minimum atomic E-state index is -1.68. The highest BCUT2D eigenvalue weighted by Crippen LogP contribution is 2.37. The molecule has 6 atom stereocenters. The van der Waals surface area contributed by atoms with Crippen molar-refractivity contribution in [1.82, 2.24) is 19.8 Å². The van der Waals surface area contributed by atoms with Crippen LogP contribution in [0.2, 0.25) is 5.02 Å². The second-order valence-corrected chi connectivity index (χ2v) is 12.7. The average Bonchev–Trinajstić information content (AvgIpc) is 3.85. The first-order chi connectivity index (χ1) is 21.6. The van der Waals surface area contributed by atoms with E-state index in [-0.39, 0.29) is 31.0 Å². The van der Waals surface area contributed by atoms with Crippen LogP contribution in [-0.4, -0.2) is 134 Å². The highest BCUT2D eigenvalue weighted by atomic mass is 35.5. The largest absolute Gasteiger partial charge is 0.493 e. The van der Waals surface area contributed by atoms with E-state index >= 15 is 0 Å². The van der Waals surface area contributed by atoms with Crippen LogP contribution in [0.3, 0.4) is 0 Å². The number of hydrogen-bond donors (Lipinski definition) is 5. The second kappa shape index (κ2) is 15.3. The lowest BCUT2D eigenvalue weighted by Crippen LogP contribution is -2.54. The monoisotopic (exact) mass is 651 g/mol. The lowest BCUT2D eigenvalue weighted by Gasteiger charge is -2.36. The summed E-state index contributed by atoms with van der Waals surface area (Å²) in [6.45, 7) is 2.42. The summed E-state index contributed by atoms with van der Waals surface area (Å²) < 4.78 is 20.7. The van der Waals surface area contributed by atoms with E-state index in [1.54, 1.807) is 29.4 Å². The summed E-state index contributed by atoms with van der Waals surface area (Å²) in [6.07, 6.45) is 1.63. The lowest BCUT2D eigenvalue weighted by atomic mass is 9.92. The molecule has 1 amide bonds. The standard InChI is InChI=1S/C31H43ClFN5O7/c32-21-15-34-31(35-16-21)36-7-5-19(6-8-36)2-1-11-45-22-4-3-20(23(33)13-22)12-28(42)38-10-9-37(24-14-25(24)38)17-26(40)29(43)30(44)27(41)18-39/h3-4,13,15-16,19,24-27,29-30,39-41,43-44H,1-2,5-12,14,17-18H2/t24?,25?,26-,27+,29+,30+/m0/s1. The third-order valence-electron chi connectivity index (χ3n) is 9.18. The molecule has 0 bridgehead atoms. The quantitative estimate of drug-likeness (QED) is 0.182. The molecular formula is C31H43ClFN5O7. The van der Waals surface area contributed by atoms with Gasteiger partial charge in [0.15, 0.2) is 0 Å². The number of hydrogen-bond acceptors (Lipinski definition) is 11. The number of rotatable bonds is 14. The number of piperidine rings is 1. The molecule has 1 aromatic carbocycles. The van der Waals surface area contributed by atoms with E-state index in [2.05, 4.69) is 14.9 Å². The van der Waals surface area contributed by atoms with Crippen molar-refractivity contribution >= 4 is 23.5 Å². The minimum Gasteiger partial charge on any atom is -0.493 e. The number of ether oxygens (including phenoxy) is 1. The minimum absolute atomic E-state index is 0.00451. The van der Waals surface area contributed by atoms with E-state index in [1.165, 1.54) is 6.07 Å². The lowest BCUT2D eigenvalue weighted by molar-refractivity contribution is -0.134. The van der Waals surface area contributed by atoms with Crippen molar-refractivity contribution in [2.24, 2.45) is 5.92 Å². The number of halogens is 2. The summed E-state index contributed by atoms with van der Waals surface area (Å²) in [6, 6.07) is 4.56. The molecule has 2 unspecified atom stereocenters. The van der Waals surface area contributed by atoms with E-state index < -0.39 is 36.8 Å². The zero-order valence-electron chi connectivity index (χ0n) is 25.2. The number of anilines is 1. The van der Waals surface area contributed by atoms with Gasteiger partial charge in [-0.05, 0) is 49.7 Å². The molecule has 248 valence electrons. The molecule has 2 aliphatic heterocycles. The summed E-state index contributed by atoms with van der Waals surface area (Å²) in [5, 5.41) is 49.3. The first-order valence-electron chi connectivity index (χ1n) is 15.6. The van der Waals surface area contributed by atoms with Gasteiger partial charge in [0.05, 0.1) is 43.2 Å². The summed E-state index contributed by atoms with van der Waals surface area (Å²) in [4.78, 5) is 27.5. The Bertz CT molecular complexity index is 1270. The normalized spacial score (nSPS) is 23.3. The van der Waals surface area contributed by atoms with Crippen LogP contribution in [0.5, 0.6) is 5.75 Å². The number of nitrogens with zero attached hydrogens (tertiary/aromatic N) is 5. The molecule has 3 aliphatic rings. The molecule has 1 aromatic heterocycles. The molecule has 2 aromatic rings. The first kappa shape index (κ1) is 33.7. The maximum atomic E-state index is 14.9. The molecule has 2 saturated heterocycles. The van der Waals surface area contributed by atoms with Gasteiger partial charge in [0, 0.05) is 50.9 Å². The van der Waals surface area contributed by atoms with Crippen LogP contribution in [-0.2, 0) is 11.2 Å². The molecule has 3 heterocycles. The maximum Gasteiger partial charge on any atom is 0.227 e. The van der Waals surface area contributed by atoms with Gasteiger partial charge in [-0.2, -0.15) is 0 Å². The molecule has 5 rings (SSSR count). The third kappa shape index (κ3) is 8.59. The van der Waals surface area contributed by atoms with Gasteiger partial charge >= 0.3 is 0 Å². The molecule has 5 N–H and O–H groups in total. The van der Waals surface area contributed by atoms with Gasteiger partial charge in [0.2, 0.25) is 11.9 Å². The van der Waals surface area contributed by atoms with E-state index in [9.17, 15) is 29.6 Å². The Labute approximate surface area is 267 Å². The fourth-order valence-electron chi connectivity index (χ4n) is 6.39. The van der Waals surface area contributed by atoms with Crippen molar-refractivity contribution in [1.29, 1.82) is 0 Å².